The molecule has 0 saturated heterocycles. The second-order valence-electron chi connectivity index (χ2n) is 6.72. The van der Waals surface area contributed by atoms with E-state index in [2.05, 4.69) is 15.3 Å². The number of rotatable bonds is 8. The number of nitrogens with one attached hydrogen (secondary N) is 1. The highest BCUT2D eigenvalue weighted by molar-refractivity contribution is 7.71. The van der Waals surface area contributed by atoms with E-state index in [0.29, 0.717) is 23.8 Å². The fourth-order valence-electron chi connectivity index (χ4n) is 3.03. The van der Waals surface area contributed by atoms with Crippen LogP contribution >= 0.6 is 12.2 Å². The van der Waals surface area contributed by atoms with Crippen molar-refractivity contribution in [1.29, 1.82) is 0 Å². The molecule has 0 aliphatic carbocycles. The topological polar surface area (TPSA) is 64.4 Å². The zero-order chi connectivity index (χ0) is 21.5. The summed E-state index contributed by atoms with van der Waals surface area (Å²) in [5, 5.41) is 11.7. The standard InChI is InChI=1S/C24H22N4O2S/c1-2-29-22-13-7-11-20(15-22)23-26-27-24(31)28(23)25-16-19-10-6-12-21(14-19)30-17-18-8-4-3-5-9-18/h3-16H,2,17H2,1H3,(H,27,31). The Hall–Kier alpha value is -3.71. The number of hydrogen-bond acceptors (Lipinski definition) is 5. The zero-order valence-corrected chi connectivity index (χ0v) is 17.9. The molecule has 1 heterocycles. The van der Waals surface area contributed by atoms with E-state index in [1.54, 1.807) is 10.9 Å². The van der Waals surface area contributed by atoms with Gasteiger partial charge in [0.15, 0.2) is 5.82 Å². The van der Waals surface area contributed by atoms with Crippen LogP contribution in [0, 0.1) is 4.77 Å². The average Bonchev–Trinajstić information content (AvgIpc) is 3.18. The van der Waals surface area contributed by atoms with E-state index in [-0.39, 0.29) is 0 Å². The van der Waals surface area contributed by atoms with Gasteiger partial charge in [0.25, 0.3) is 0 Å². The van der Waals surface area contributed by atoms with Crippen molar-refractivity contribution >= 4 is 18.4 Å². The Morgan fingerprint density at radius 3 is 2.55 bits per heavy atom. The first kappa shape index (κ1) is 20.6. The molecule has 1 N–H and O–H groups in total. The smallest absolute Gasteiger partial charge is 0.216 e. The van der Waals surface area contributed by atoms with Crippen molar-refractivity contribution in [2.75, 3.05) is 6.61 Å². The summed E-state index contributed by atoms with van der Waals surface area (Å²) in [6.07, 6.45) is 1.73. The minimum Gasteiger partial charge on any atom is -0.494 e. The lowest BCUT2D eigenvalue weighted by molar-refractivity contribution is 0.306. The van der Waals surface area contributed by atoms with Crippen LogP contribution in [0.5, 0.6) is 11.5 Å². The van der Waals surface area contributed by atoms with E-state index in [9.17, 15) is 0 Å². The quantitative estimate of drug-likeness (QED) is 0.297. The highest BCUT2D eigenvalue weighted by Gasteiger charge is 2.09. The molecule has 7 heteroatoms. The molecule has 0 bridgehead atoms. The van der Waals surface area contributed by atoms with Crippen LogP contribution in [0.15, 0.2) is 84.0 Å². The largest absolute Gasteiger partial charge is 0.494 e. The summed E-state index contributed by atoms with van der Waals surface area (Å²) in [6.45, 7) is 3.05. The van der Waals surface area contributed by atoms with Crippen molar-refractivity contribution in [2.45, 2.75) is 13.5 Å². The fourth-order valence-corrected chi connectivity index (χ4v) is 3.21. The Balaban J connectivity index is 1.54. The van der Waals surface area contributed by atoms with Crippen LogP contribution in [-0.4, -0.2) is 27.7 Å². The summed E-state index contributed by atoms with van der Waals surface area (Å²) < 4.78 is 13.5. The van der Waals surface area contributed by atoms with Gasteiger partial charge in [-0.15, -0.1) is 0 Å². The maximum absolute atomic E-state index is 5.90. The molecular weight excluding hydrogens is 408 g/mol. The maximum Gasteiger partial charge on any atom is 0.216 e. The third kappa shape index (κ3) is 5.26. The molecule has 4 aromatic rings. The average molecular weight is 431 g/mol. The van der Waals surface area contributed by atoms with Crippen molar-refractivity contribution in [3.8, 4) is 22.9 Å². The molecule has 0 saturated carbocycles. The number of nitrogens with zero attached hydrogens (tertiary/aromatic N) is 3. The zero-order valence-electron chi connectivity index (χ0n) is 17.1. The van der Waals surface area contributed by atoms with Gasteiger partial charge in [-0.1, -0.05) is 54.6 Å². The summed E-state index contributed by atoms with van der Waals surface area (Å²) in [4.78, 5) is 0. The van der Waals surface area contributed by atoms with Gasteiger partial charge >= 0.3 is 0 Å². The van der Waals surface area contributed by atoms with Crippen molar-refractivity contribution < 1.29 is 9.47 Å². The summed E-state index contributed by atoms with van der Waals surface area (Å²) >= 11 is 5.37. The van der Waals surface area contributed by atoms with E-state index in [1.165, 1.54) is 0 Å². The van der Waals surface area contributed by atoms with Crippen LogP contribution in [0.25, 0.3) is 11.4 Å². The van der Waals surface area contributed by atoms with Crippen LogP contribution < -0.4 is 9.47 Å². The van der Waals surface area contributed by atoms with Crippen LogP contribution in [0.1, 0.15) is 18.1 Å². The predicted octanol–water partition coefficient (Wildman–Crippen LogP) is 5.47. The Morgan fingerprint density at radius 1 is 0.968 bits per heavy atom. The monoisotopic (exact) mass is 430 g/mol. The molecule has 0 fully saturated rings. The fraction of sp³-hybridized carbons (Fsp3) is 0.125. The van der Waals surface area contributed by atoms with Crippen LogP contribution in [0.2, 0.25) is 0 Å². The lowest BCUT2D eigenvalue weighted by atomic mass is 10.2. The highest BCUT2D eigenvalue weighted by Crippen LogP contribution is 2.23. The van der Waals surface area contributed by atoms with E-state index in [4.69, 9.17) is 21.7 Å². The summed E-state index contributed by atoms with van der Waals surface area (Å²) in [6, 6.07) is 25.5. The Labute approximate surface area is 185 Å². The van der Waals surface area contributed by atoms with Gasteiger partial charge in [-0.3, -0.25) is 0 Å². The highest BCUT2D eigenvalue weighted by atomic mass is 32.1. The van der Waals surface area contributed by atoms with Gasteiger partial charge in [-0.25, -0.2) is 5.10 Å². The van der Waals surface area contributed by atoms with E-state index in [1.807, 2.05) is 85.8 Å². The summed E-state index contributed by atoms with van der Waals surface area (Å²) in [7, 11) is 0. The molecule has 1 aromatic heterocycles. The first-order chi connectivity index (χ1) is 15.2. The summed E-state index contributed by atoms with van der Waals surface area (Å²) in [5.41, 5.74) is 2.86. The van der Waals surface area contributed by atoms with Crippen LogP contribution in [0.4, 0.5) is 0 Å². The third-order valence-corrected chi connectivity index (χ3v) is 4.75. The van der Waals surface area contributed by atoms with E-state index in [0.717, 1.165) is 28.2 Å². The Bertz CT molecular complexity index is 1230. The van der Waals surface area contributed by atoms with E-state index >= 15 is 0 Å². The number of H-pyrrole nitrogens is 1. The third-order valence-electron chi connectivity index (χ3n) is 4.48. The van der Waals surface area contributed by atoms with Crippen molar-refractivity contribution in [3.05, 3.63) is 94.8 Å². The molecule has 0 atom stereocenters. The molecular formula is C24H22N4O2S. The minimum atomic E-state index is 0.407. The van der Waals surface area contributed by atoms with Gasteiger partial charge in [-0.2, -0.15) is 14.9 Å². The van der Waals surface area contributed by atoms with Gasteiger partial charge in [-0.05, 0) is 54.5 Å². The molecule has 3 aromatic carbocycles. The predicted molar refractivity (Wildman–Crippen MR) is 124 cm³/mol. The molecule has 6 nitrogen and oxygen atoms in total. The normalized spacial score (nSPS) is 11.0. The van der Waals surface area contributed by atoms with Gasteiger partial charge in [0.2, 0.25) is 4.77 Å². The van der Waals surface area contributed by atoms with Gasteiger partial charge in [0, 0.05) is 5.56 Å². The molecule has 0 aliphatic heterocycles. The molecule has 4 rings (SSSR count). The Kier molecular flexibility index (Phi) is 6.54. The number of aromatic amines is 1. The van der Waals surface area contributed by atoms with Gasteiger partial charge < -0.3 is 9.47 Å². The number of ether oxygens (including phenoxy) is 2. The second kappa shape index (κ2) is 9.86. The lowest BCUT2D eigenvalue weighted by Crippen LogP contribution is -1.97. The molecule has 31 heavy (non-hydrogen) atoms. The van der Waals surface area contributed by atoms with Crippen LogP contribution in [0.3, 0.4) is 0 Å². The minimum absolute atomic E-state index is 0.407. The van der Waals surface area contributed by atoms with Crippen LogP contribution in [-0.2, 0) is 6.61 Å². The van der Waals surface area contributed by atoms with E-state index < -0.39 is 0 Å². The molecule has 156 valence electrons. The van der Waals surface area contributed by atoms with Gasteiger partial charge in [0.1, 0.15) is 18.1 Å². The number of hydrogen-bond donors (Lipinski definition) is 1. The Morgan fingerprint density at radius 2 is 1.74 bits per heavy atom. The molecule has 0 aliphatic rings. The lowest BCUT2D eigenvalue weighted by Gasteiger charge is -2.07. The number of benzene rings is 3. The first-order valence-corrected chi connectivity index (χ1v) is 10.4. The first-order valence-electron chi connectivity index (χ1n) is 9.95. The molecule has 0 spiro atoms. The summed E-state index contributed by atoms with van der Waals surface area (Å²) in [5.74, 6) is 2.15. The SMILES string of the molecule is CCOc1cccc(-c2n[nH]c(=S)n2N=Cc2cccc(OCc3ccccc3)c2)c1. The van der Waals surface area contributed by atoms with Crippen molar-refractivity contribution in [3.63, 3.8) is 0 Å². The van der Waals surface area contributed by atoms with Crippen molar-refractivity contribution in [2.24, 2.45) is 5.10 Å². The molecule has 0 radical (unpaired) electrons. The second-order valence-corrected chi connectivity index (χ2v) is 7.10. The van der Waals surface area contributed by atoms with Gasteiger partial charge in [0.05, 0.1) is 12.8 Å². The number of aromatic nitrogens is 3. The molecule has 0 amide bonds. The maximum atomic E-state index is 5.90. The molecule has 0 unspecified atom stereocenters. The van der Waals surface area contributed by atoms with Crippen molar-refractivity contribution in [1.82, 2.24) is 14.9 Å².